The predicted octanol–water partition coefficient (Wildman–Crippen LogP) is 3.43. The number of methoxy groups -OCH3 is 1. The van der Waals surface area contributed by atoms with Gasteiger partial charge in [0.15, 0.2) is 5.82 Å². The number of aromatic nitrogens is 4. The Hall–Kier alpha value is -2.68. The fourth-order valence-electron chi connectivity index (χ4n) is 4.72. The van der Waals surface area contributed by atoms with E-state index >= 15 is 0 Å². The zero-order valence-corrected chi connectivity index (χ0v) is 19.6. The predicted molar refractivity (Wildman–Crippen MR) is 127 cm³/mol. The maximum absolute atomic E-state index is 6.19. The molecular weight excluding hydrogens is 440 g/mol. The van der Waals surface area contributed by atoms with E-state index in [0.29, 0.717) is 6.54 Å². The van der Waals surface area contributed by atoms with E-state index in [-0.39, 0.29) is 12.1 Å². The Bertz CT molecular complexity index is 1030. The van der Waals surface area contributed by atoms with E-state index in [4.69, 9.17) is 21.1 Å². The Balaban J connectivity index is 1.37. The molecule has 2 fully saturated rings. The van der Waals surface area contributed by atoms with Gasteiger partial charge in [0.1, 0.15) is 5.75 Å². The molecule has 0 spiro atoms. The van der Waals surface area contributed by atoms with Crippen LogP contribution < -0.4 is 9.64 Å². The van der Waals surface area contributed by atoms with E-state index < -0.39 is 0 Å². The van der Waals surface area contributed by atoms with Gasteiger partial charge >= 0.3 is 0 Å². The van der Waals surface area contributed by atoms with Crippen LogP contribution in [0.3, 0.4) is 0 Å². The molecule has 0 N–H and O–H groups in total. The summed E-state index contributed by atoms with van der Waals surface area (Å²) in [6.45, 7) is 5.12. The van der Waals surface area contributed by atoms with Gasteiger partial charge in [-0.05, 0) is 65.2 Å². The Morgan fingerprint density at radius 2 is 1.82 bits per heavy atom. The van der Waals surface area contributed by atoms with Crippen LogP contribution in [0.25, 0.3) is 0 Å². The number of hydrogen-bond donors (Lipinski definition) is 0. The number of nitrogens with zero attached hydrogens (tertiary/aromatic N) is 6. The maximum Gasteiger partial charge on any atom is 0.173 e. The van der Waals surface area contributed by atoms with Crippen molar-refractivity contribution in [3.63, 3.8) is 0 Å². The van der Waals surface area contributed by atoms with Crippen LogP contribution in [0.2, 0.25) is 5.02 Å². The van der Waals surface area contributed by atoms with Crippen molar-refractivity contribution in [2.45, 2.75) is 31.5 Å². The average Bonchev–Trinajstić information content (AvgIpc) is 3.54. The molecule has 2 aromatic carbocycles. The molecule has 2 saturated heterocycles. The second-order valence-electron chi connectivity index (χ2n) is 8.53. The lowest BCUT2D eigenvalue weighted by Crippen LogP contribution is -2.48. The van der Waals surface area contributed by atoms with Gasteiger partial charge in [-0.3, -0.25) is 4.90 Å². The minimum atomic E-state index is -0.0447. The van der Waals surface area contributed by atoms with Crippen molar-refractivity contribution >= 4 is 17.3 Å². The first kappa shape index (κ1) is 22.1. The number of ether oxygens (including phenoxy) is 2. The fourth-order valence-corrected chi connectivity index (χ4v) is 4.84. The molecule has 2 unspecified atom stereocenters. The Labute approximate surface area is 199 Å². The quantitative estimate of drug-likeness (QED) is 0.526. The van der Waals surface area contributed by atoms with Gasteiger partial charge in [0, 0.05) is 43.5 Å². The van der Waals surface area contributed by atoms with Crippen molar-refractivity contribution in [3.05, 3.63) is 64.9 Å². The van der Waals surface area contributed by atoms with Gasteiger partial charge in [-0.25, -0.2) is 4.68 Å². The highest BCUT2D eigenvalue weighted by Crippen LogP contribution is 2.31. The van der Waals surface area contributed by atoms with Crippen molar-refractivity contribution in [2.75, 3.05) is 44.8 Å². The van der Waals surface area contributed by atoms with Crippen LogP contribution in [0.4, 0.5) is 5.69 Å². The summed E-state index contributed by atoms with van der Waals surface area (Å²) in [4.78, 5) is 4.87. The summed E-state index contributed by atoms with van der Waals surface area (Å²) < 4.78 is 13.1. The number of halogens is 1. The van der Waals surface area contributed by atoms with Crippen LogP contribution in [0, 0.1) is 0 Å². The van der Waals surface area contributed by atoms with E-state index in [1.165, 1.54) is 5.69 Å². The maximum atomic E-state index is 6.19. The Morgan fingerprint density at radius 1 is 1.06 bits per heavy atom. The van der Waals surface area contributed by atoms with E-state index in [9.17, 15) is 0 Å². The lowest BCUT2D eigenvalue weighted by atomic mass is 10.0. The lowest BCUT2D eigenvalue weighted by Gasteiger charge is -2.40. The first-order valence-electron chi connectivity index (χ1n) is 11.5. The van der Waals surface area contributed by atoms with Crippen molar-refractivity contribution in [2.24, 2.45) is 0 Å². The first-order chi connectivity index (χ1) is 16.2. The number of tetrazole rings is 1. The molecule has 1 aromatic heterocycles. The molecule has 0 bridgehead atoms. The van der Waals surface area contributed by atoms with Crippen LogP contribution in [0.1, 0.15) is 30.3 Å². The van der Waals surface area contributed by atoms with Crippen molar-refractivity contribution in [1.29, 1.82) is 0 Å². The molecule has 2 aliphatic heterocycles. The van der Waals surface area contributed by atoms with Crippen LogP contribution >= 0.6 is 11.6 Å². The number of rotatable bonds is 7. The summed E-state index contributed by atoms with van der Waals surface area (Å²) in [5.41, 5.74) is 2.35. The summed E-state index contributed by atoms with van der Waals surface area (Å²) in [5, 5.41) is 13.5. The molecule has 9 heteroatoms. The van der Waals surface area contributed by atoms with E-state index in [1.807, 2.05) is 28.9 Å². The van der Waals surface area contributed by atoms with Gasteiger partial charge in [0.2, 0.25) is 0 Å². The van der Waals surface area contributed by atoms with Gasteiger partial charge in [0.05, 0.1) is 25.8 Å². The Morgan fingerprint density at radius 3 is 2.48 bits per heavy atom. The third-order valence-electron chi connectivity index (χ3n) is 6.51. The molecule has 0 saturated carbocycles. The summed E-state index contributed by atoms with van der Waals surface area (Å²) >= 11 is 6.19. The molecule has 174 valence electrons. The van der Waals surface area contributed by atoms with E-state index in [0.717, 1.165) is 67.8 Å². The number of benzene rings is 2. The van der Waals surface area contributed by atoms with Gasteiger partial charge < -0.3 is 14.4 Å². The van der Waals surface area contributed by atoms with Gasteiger partial charge in [-0.1, -0.05) is 23.7 Å². The molecular formula is C24H29ClN6O2. The summed E-state index contributed by atoms with van der Waals surface area (Å²) in [6, 6.07) is 16.2. The lowest BCUT2D eigenvalue weighted by molar-refractivity contribution is 0.0906. The number of piperazine rings is 1. The third kappa shape index (κ3) is 4.98. The Kier molecular flexibility index (Phi) is 6.75. The molecule has 8 nitrogen and oxygen atoms in total. The highest BCUT2D eigenvalue weighted by molar-refractivity contribution is 6.30. The van der Waals surface area contributed by atoms with Gasteiger partial charge in [-0.2, -0.15) is 0 Å². The highest BCUT2D eigenvalue weighted by Gasteiger charge is 2.31. The second-order valence-corrected chi connectivity index (χ2v) is 8.97. The molecule has 2 aliphatic rings. The highest BCUT2D eigenvalue weighted by atomic mass is 35.5. The van der Waals surface area contributed by atoms with Crippen LogP contribution in [-0.4, -0.2) is 71.1 Å². The van der Waals surface area contributed by atoms with Crippen LogP contribution in [0.5, 0.6) is 5.75 Å². The van der Waals surface area contributed by atoms with Gasteiger partial charge in [0.25, 0.3) is 0 Å². The minimum Gasteiger partial charge on any atom is -0.497 e. The number of anilines is 1. The molecule has 33 heavy (non-hydrogen) atoms. The summed E-state index contributed by atoms with van der Waals surface area (Å²) in [6.07, 6.45) is 2.31. The summed E-state index contributed by atoms with van der Waals surface area (Å²) in [7, 11) is 1.69. The average molecular weight is 469 g/mol. The molecule has 0 amide bonds. The smallest absolute Gasteiger partial charge is 0.173 e. The first-order valence-corrected chi connectivity index (χ1v) is 11.9. The van der Waals surface area contributed by atoms with Crippen molar-refractivity contribution in [1.82, 2.24) is 25.1 Å². The molecule has 3 heterocycles. The zero-order chi connectivity index (χ0) is 22.6. The summed E-state index contributed by atoms with van der Waals surface area (Å²) in [5.74, 6) is 1.73. The minimum absolute atomic E-state index is 0.0447. The molecule has 0 radical (unpaired) electrons. The SMILES string of the molecule is COc1ccc(N2CCN(C(c3ccc(Cl)cc3)c3nnnn3CC3CCCO3)CC2)cc1. The van der Waals surface area contributed by atoms with Crippen LogP contribution in [-0.2, 0) is 11.3 Å². The standard InChI is InChI=1S/C24H29ClN6O2/c1-32-21-10-8-20(9-11-21)29-12-14-30(15-13-29)23(18-4-6-19(25)7-5-18)24-26-27-28-31(24)17-22-3-2-16-33-22/h4-11,22-23H,2-3,12-17H2,1H3. The second kappa shape index (κ2) is 10.1. The molecule has 3 aromatic rings. The number of hydrogen-bond acceptors (Lipinski definition) is 7. The third-order valence-corrected chi connectivity index (χ3v) is 6.76. The van der Waals surface area contributed by atoms with Crippen molar-refractivity contribution in [3.8, 4) is 5.75 Å². The topological polar surface area (TPSA) is 68.5 Å². The largest absolute Gasteiger partial charge is 0.497 e. The molecule has 5 rings (SSSR count). The fraction of sp³-hybridized carbons (Fsp3) is 0.458. The molecule has 2 atom stereocenters. The van der Waals surface area contributed by atoms with Gasteiger partial charge in [-0.15, -0.1) is 5.10 Å². The molecule has 0 aliphatic carbocycles. The van der Waals surface area contributed by atoms with Crippen LogP contribution in [0.15, 0.2) is 48.5 Å². The normalized spacial score (nSPS) is 20.2. The van der Waals surface area contributed by atoms with E-state index in [2.05, 4.69) is 49.6 Å². The zero-order valence-electron chi connectivity index (χ0n) is 18.8. The van der Waals surface area contributed by atoms with E-state index in [1.54, 1.807) is 7.11 Å². The van der Waals surface area contributed by atoms with Crippen molar-refractivity contribution < 1.29 is 9.47 Å². The monoisotopic (exact) mass is 468 g/mol.